The number of barbiturate groups is 1. The number of aromatic nitrogens is 1. The fourth-order valence-corrected chi connectivity index (χ4v) is 7.21. The van der Waals surface area contributed by atoms with Gasteiger partial charge in [0.05, 0.1) is 5.69 Å². The topological polar surface area (TPSA) is 87.0 Å². The van der Waals surface area contributed by atoms with Crippen LogP contribution in [0.1, 0.15) is 5.76 Å². The van der Waals surface area contributed by atoms with Crippen LogP contribution in [-0.2, 0) is 9.59 Å². The largest absolute Gasteiger partial charge is 0.441 e. The van der Waals surface area contributed by atoms with Crippen LogP contribution in [0.4, 0.5) is 22.2 Å². The highest BCUT2D eigenvalue weighted by Gasteiger charge is 2.42. The Balaban J connectivity index is 1.69. The third-order valence-corrected chi connectivity index (χ3v) is 9.71. The molecule has 0 atom stereocenters. The van der Waals surface area contributed by atoms with Crippen LogP contribution in [0.25, 0.3) is 6.08 Å². The molecule has 0 aliphatic carbocycles. The van der Waals surface area contributed by atoms with Crippen molar-refractivity contribution in [1.29, 1.82) is 0 Å². The molecule has 1 saturated heterocycles. The maximum Gasteiger partial charge on any atom is 0.333 e. The number of amides is 4. The molecule has 0 radical (unpaired) electrons. The van der Waals surface area contributed by atoms with E-state index in [2.05, 4.69) is 24.1 Å². The maximum absolute atomic E-state index is 12.7. The molecule has 0 bridgehead atoms. The molecule has 0 unspecified atom stereocenters. The van der Waals surface area contributed by atoms with E-state index >= 15 is 0 Å². The van der Waals surface area contributed by atoms with Crippen LogP contribution in [0.5, 0.6) is 0 Å². The smallest absolute Gasteiger partial charge is 0.333 e. The van der Waals surface area contributed by atoms with Crippen molar-refractivity contribution in [3.8, 4) is 0 Å². The lowest BCUT2D eigenvalue weighted by Crippen LogP contribution is -2.57. The number of carbonyl (C=O) groups is 3. The molecule has 1 aromatic carbocycles. The van der Waals surface area contributed by atoms with Crippen LogP contribution >= 0.6 is 0 Å². The Morgan fingerprint density at radius 2 is 1.58 bits per heavy atom. The summed E-state index contributed by atoms with van der Waals surface area (Å²) in [6.07, 6.45) is 3.15. The molecule has 4 amide bonds. The van der Waals surface area contributed by atoms with Gasteiger partial charge >= 0.3 is 6.03 Å². The average Bonchev–Trinajstić information content (AvgIpc) is 3.25. The number of carbonyl (C=O) groups excluding carboxylic acids is 3. The van der Waals surface area contributed by atoms with Crippen molar-refractivity contribution >= 4 is 59.8 Å². The van der Waals surface area contributed by atoms with Gasteiger partial charge in [0.1, 0.15) is 25.2 Å². The van der Waals surface area contributed by atoms with Crippen molar-refractivity contribution < 1.29 is 18.8 Å². The molecule has 0 spiro atoms. The summed E-state index contributed by atoms with van der Waals surface area (Å²) in [5, 5.41) is 2.27. The predicted octanol–water partition coefficient (Wildman–Crippen LogP) is 2.71. The number of likely N-dealkylation sites (N-methyl/N-ethyl adjacent to an activating group) is 2. The van der Waals surface area contributed by atoms with E-state index in [9.17, 15) is 14.4 Å². The van der Waals surface area contributed by atoms with Gasteiger partial charge in [0.25, 0.3) is 11.8 Å². The first-order valence-electron chi connectivity index (χ1n) is 10.5. The summed E-state index contributed by atoms with van der Waals surface area (Å²) in [5.41, 5.74) is 0.885. The third-order valence-electron chi connectivity index (χ3n) is 6.24. The first-order chi connectivity index (χ1) is 15.7. The summed E-state index contributed by atoms with van der Waals surface area (Å²) in [6.45, 7) is 4.48. The summed E-state index contributed by atoms with van der Waals surface area (Å²) in [7, 11) is 0.542. The van der Waals surface area contributed by atoms with E-state index in [1.54, 1.807) is 6.20 Å². The highest BCUT2D eigenvalue weighted by atomic mass is 28.3. The molecule has 9 heteroatoms. The highest BCUT2D eigenvalue weighted by molar-refractivity contribution is 7.02. The van der Waals surface area contributed by atoms with Gasteiger partial charge in [0, 0.05) is 25.5 Å². The van der Waals surface area contributed by atoms with E-state index in [1.807, 2.05) is 47.4 Å². The molecule has 33 heavy (non-hydrogen) atoms. The second-order valence-electron chi connectivity index (χ2n) is 8.60. The monoisotopic (exact) mass is 458 g/mol. The molecule has 166 valence electrons. The summed E-state index contributed by atoms with van der Waals surface area (Å²) in [4.78, 5) is 45.7. The van der Waals surface area contributed by atoms with Crippen LogP contribution in [-0.4, -0.2) is 54.8 Å². The predicted molar refractivity (Wildman–Crippen MR) is 127 cm³/mol. The molecule has 0 N–H and O–H groups in total. The van der Waals surface area contributed by atoms with Gasteiger partial charge in [0.2, 0.25) is 5.88 Å². The Bertz CT molecular complexity index is 1320. The number of pyridine rings is 1. The fourth-order valence-electron chi connectivity index (χ4n) is 4.37. The van der Waals surface area contributed by atoms with Crippen molar-refractivity contribution in [2.45, 2.75) is 13.1 Å². The van der Waals surface area contributed by atoms with Crippen molar-refractivity contribution in [2.24, 2.45) is 0 Å². The molecule has 1 fully saturated rings. The maximum atomic E-state index is 12.7. The minimum Gasteiger partial charge on any atom is -0.441 e. The van der Waals surface area contributed by atoms with Gasteiger partial charge in [0.15, 0.2) is 0 Å². The molecule has 8 nitrogen and oxygen atoms in total. The molecule has 3 aromatic rings. The second kappa shape index (κ2) is 7.28. The second-order valence-corrected chi connectivity index (χ2v) is 12.9. The molecule has 2 aliphatic heterocycles. The van der Waals surface area contributed by atoms with E-state index in [0.717, 1.165) is 20.7 Å². The van der Waals surface area contributed by atoms with Crippen molar-refractivity contribution in [3.05, 3.63) is 66.1 Å². The van der Waals surface area contributed by atoms with Gasteiger partial charge in [-0.15, -0.1) is 0 Å². The Labute approximate surface area is 191 Å². The van der Waals surface area contributed by atoms with Gasteiger partial charge < -0.3 is 4.42 Å². The standard InChI is InChI=1S/C24H22N4O4Si/c1-26-21(29)16(22(30)27(2)24(26)31)13-15-14-19-23(32-15)28(20-11-7-8-12-25-20)17-9-5-6-10-18(17)33(19,3)4/h5-14H,1-4H3. The van der Waals surface area contributed by atoms with Crippen LogP contribution in [0.15, 0.2) is 64.7 Å². The van der Waals surface area contributed by atoms with Crippen LogP contribution < -0.4 is 15.3 Å². The lowest BCUT2D eigenvalue weighted by atomic mass is 10.1. The zero-order valence-corrected chi connectivity index (χ0v) is 19.7. The number of nitrogens with zero attached hydrogens (tertiary/aromatic N) is 4. The Morgan fingerprint density at radius 3 is 2.24 bits per heavy atom. The summed E-state index contributed by atoms with van der Waals surface area (Å²) in [5.74, 6) is 0.406. The molecule has 2 aliphatic rings. The van der Waals surface area contributed by atoms with Crippen LogP contribution in [0.2, 0.25) is 13.1 Å². The average molecular weight is 459 g/mol. The molecule has 5 rings (SSSR count). The Kier molecular flexibility index (Phi) is 4.61. The highest BCUT2D eigenvalue weighted by Crippen LogP contribution is 2.38. The van der Waals surface area contributed by atoms with Gasteiger partial charge in [-0.1, -0.05) is 37.4 Å². The van der Waals surface area contributed by atoms with E-state index in [1.165, 1.54) is 25.4 Å². The molecular formula is C24H22N4O4Si. The van der Waals surface area contributed by atoms with E-state index < -0.39 is 25.9 Å². The van der Waals surface area contributed by atoms with Gasteiger partial charge in [-0.05, 0) is 35.5 Å². The van der Waals surface area contributed by atoms with Gasteiger partial charge in [-0.25, -0.2) is 9.78 Å². The number of fused-ring (bicyclic) bond motifs is 2. The molecule has 2 aromatic heterocycles. The van der Waals surface area contributed by atoms with E-state index in [4.69, 9.17) is 4.42 Å². The lowest BCUT2D eigenvalue weighted by molar-refractivity contribution is -0.134. The molecular weight excluding hydrogens is 436 g/mol. The number of rotatable bonds is 2. The lowest BCUT2D eigenvalue weighted by Gasteiger charge is -2.36. The summed E-state index contributed by atoms with van der Waals surface area (Å²) >= 11 is 0. The minimum atomic E-state index is -2.16. The SMILES string of the molecule is CN1C(=O)C(=Cc2cc3c(o2)N(c2ccccn2)c2ccccc2[Si]3(C)C)C(=O)N(C)C1=O. The fraction of sp³-hybridized carbons (Fsp3) is 0.167. The first kappa shape index (κ1) is 20.9. The number of anilines is 3. The number of hydrogen-bond acceptors (Lipinski definition) is 6. The zero-order chi connectivity index (χ0) is 23.5. The molecule has 4 heterocycles. The zero-order valence-electron chi connectivity index (χ0n) is 18.7. The van der Waals surface area contributed by atoms with Gasteiger partial charge in [-0.2, -0.15) is 0 Å². The number of imide groups is 2. The number of hydrogen-bond donors (Lipinski definition) is 0. The van der Waals surface area contributed by atoms with E-state index in [-0.39, 0.29) is 5.57 Å². The van der Waals surface area contributed by atoms with Crippen molar-refractivity contribution in [3.63, 3.8) is 0 Å². The van der Waals surface area contributed by atoms with Crippen LogP contribution in [0.3, 0.4) is 0 Å². The van der Waals surface area contributed by atoms with Gasteiger partial charge in [-0.3, -0.25) is 24.3 Å². The molecule has 0 saturated carbocycles. The number of benzene rings is 1. The third kappa shape index (κ3) is 3.04. The summed E-state index contributed by atoms with van der Waals surface area (Å²) < 4.78 is 6.28. The number of furan rings is 1. The normalized spacial score (nSPS) is 17.3. The minimum absolute atomic E-state index is 0.118. The Morgan fingerprint density at radius 1 is 0.909 bits per heavy atom. The van der Waals surface area contributed by atoms with Crippen LogP contribution in [0, 0.1) is 0 Å². The first-order valence-corrected chi connectivity index (χ1v) is 13.5. The van der Waals surface area contributed by atoms with Crippen molar-refractivity contribution in [1.82, 2.24) is 14.8 Å². The van der Waals surface area contributed by atoms with E-state index in [0.29, 0.717) is 17.5 Å². The number of urea groups is 1. The quantitative estimate of drug-likeness (QED) is 0.333. The summed E-state index contributed by atoms with van der Waals surface area (Å²) in [6, 6.07) is 15.1. The van der Waals surface area contributed by atoms with Crippen molar-refractivity contribution in [2.75, 3.05) is 19.0 Å². The Hall–Kier alpha value is -3.98. The number of para-hydroxylation sites is 1.